The van der Waals surface area contributed by atoms with Crippen LogP contribution in [-0.4, -0.2) is 42.9 Å². The zero-order chi connectivity index (χ0) is 18.2. The minimum atomic E-state index is -0.230. The minimum absolute atomic E-state index is 0. The second-order valence-corrected chi connectivity index (χ2v) is 7.26. The van der Waals surface area contributed by atoms with Crippen molar-refractivity contribution in [3.8, 4) is 0 Å². The van der Waals surface area contributed by atoms with E-state index in [0.29, 0.717) is 28.9 Å². The zero-order valence-electron chi connectivity index (χ0n) is 15.0. The van der Waals surface area contributed by atoms with Crippen LogP contribution in [0.5, 0.6) is 0 Å². The summed E-state index contributed by atoms with van der Waals surface area (Å²) in [5, 5.41) is 4.63. The molecule has 1 amide bonds. The summed E-state index contributed by atoms with van der Waals surface area (Å²) in [5.41, 5.74) is 6.42. The van der Waals surface area contributed by atoms with Crippen molar-refractivity contribution in [1.82, 2.24) is 10.2 Å². The molecule has 0 spiro atoms. The van der Waals surface area contributed by atoms with Crippen molar-refractivity contribution in [3.63, 3.8) is 0 Å². The highest BCUT2D eigenvalue weighted by atomic mass is 127. The third-order valence-electron chi connectivity index (χ3n) is 4.23. The standard InChI is InChI=1S/C18H26Cl2N4O.HI/c1-2-22-18(24-7-3-4-14(12-24)10-17(21)25)23-6-5-13-8-15(19)11-16(20)9-13;/h8-9,11,14H,2-7,10,12H2,1H3,(H2,21,25)(H,22,23);1H. The number of likely N-dealkylation sites (tertiary alicyclic amines) is 1. The molecule has 8 heteroatoms. The number of halogens is 3. The number of aliphatic imine (C=N–C) groups is 1. The van der Waals surface area contributed by atoms with E-state index in [0.717, 1.165) is 50.4 Å². The maximum Gasteiger partial charge on any atom is 0.217 e. The first-order valence-corrected chi connectivity index (χ1v) is 9.50. The molecule has 0 bridgehead atoms. The number of nitrogens with zero attached hydrogens (tertiary/aromatic N) is 2. The quantitative estimate of drug-likeness (QED) is 0.347. The van der Waals surface area contributed by atoms with Crippen LogP contribution in [0.4, 0.5) is 0 Å². The van der Waals surface area contributed by atoms with Gasteiger partial charge >= 0.3 is 0 Å². The van der Waals surface area contributed by atoms with Crippen molar-refractivity contribution in [3.05, 3.63) is 33.8 Å². The summed E-state index contributed by atoms with van der Waals surface area (Å²) in [7, 11) is 0. The van der Waals surface area contributed by atoms with Gasteiger partial charge in [0.05, 0.1) is 0 Å². The molecule has 2 rings (SSSR count). The number of carbonyl (C=O) groups is 1. The number of carbonyl (C=O) groups excluding carboxylic acids is 1. The SMILES string of the molecule is CCNC(=NCCc1cc(Cl)cc(Cl)c1)N1CCCC(CC(N)=O)C1.I. The van der Waals surface area contributed by atoms with Gasteiger partial charge in [-0.05, 0) is 55.9 Å². The number of piperidine rings is 1. The van der Waals surface area contributed by atoms with E-state index >= 15 is 0 Å². The van der Waals surface area contributed by atoms with E-state index in [2.05, 4.69) is 17.1 Å². The van der Waals surface area contributed by atoms with Crippen LogP contribution in [0.2, 0.25) is 10.0 Å². The third kappa shape index (κ3) is 7.88. The summed E-state index contributed by atoms with van der Waals surface area (Å²) in [5.74, 6) is 0.971. The van der Waals surface area contributed by atoms with Gasteiger partial charge in [-0.3, -0.25) is 9.79 Å². The first kappa shape index (κ1) is 23.3. The van der Waals surface area contributed by atoms with Crippen molar-refractivity contribution in [2.24, 2.45) is 16.6 Å². The molecule has 0 aromatic heterocycles. The molecule has 1 aromatic rings. The maximum atomic E-state index is 11.2. The number of amides is 1. The van der Waals surface area contributed by atoms with Gasteiger partial charge in [-0.15, -0.1) is 24.0 Å². The van der Waals surface area contributed by atoms with E-state index in [1.165, 1.54) is 0 Å². The van der Waals surface area contributed by atoms with Gasteiger partial charge in [0, 0.05) is 42.6 Å². The fourth-order valence-corrected chi connectivity index (χ4v) is 3.75. The summed E-state index contributed by atoms with van der Waals surface area (Å²) in [6, 6.07) is 5.56. The molecule has 1 unspecified atom stereocenters. The maximum absolute atomic E-state index is 11.2. The van der Waals surface area contributed by atoms with Gasteiger partial charge in [-0.25, -0.2) is 0 Å². The average Bonchev–Trinajstić information content (AvgIpc) is 2.53. The molecule has 146 valence electrons. The Morgan fingerprint density at radius 1 is 1.35 bits per heavy atom. The van der Waals surface area contributed by atoms with Crippen LogP contribution in [0.25, 0.3) is 0 Å². The monoisotopic (exact) mass is 512 g/mol. The van der Waals surface area contributed by atoms with Gasteiger partial charge in [0.25, 0.3) is 0 Å². The zero-order valence-corrected chi connectivity index (χ0v) is 18.9. The average molecular weight is 513 g/mol. The highest BCUT2D eigenvalue weighted by Gasteiger charge is 2.23. The van der Waals surface area contributed by atoms with Gasteiger partial charge in [-0.1, -0.05) is 23.2 Å². The molecule has 0 saturated carbocycles. The van der Waals surface area contributed by atoms with E-state index < -0.39 is 0 Å². The molecular weight excluding hydrogens is 486 g/mol. The number of primary amides is 1. The van der Waals surface area contributed by atoms with Crippen molar-refractivity contribution in [2.75, 3.05) is 26.2 Å². The Balaban J connectivity index is 0.00000338. The lowest BCUT2D eigenvalue weighted by atomic mass is 9.95. The van der Waals surface area contributed by atoms with Crippen molar-refractivity contribution >= 4 is 59.0 Å². The number of rotatable bonds is 6. The fourth-order valence-electron chi connectivity index (χ4n) is 3.18. The van der Waals surface area contributed by atoms with E-state index in [-0.39, 0.29) is 29.9 Å². The summed E-state index contributed by atoms with van der Waals surface area (Å²) in [6.07, 6.45) is 3.30. The Labute approximate surface area is 182 Å². The van der Waals surface area contributed by atoms with Gasteiger partial charge in [0.2, 0.25) is 5.91 Å². The predicted octanol–water partition coefficient (Wildman–Crippen LogP) is 3.71. The van der Waals surface area contributed by atoms with Crippen molar-refractivity contribution in [1.29, 1.82) is 0 Å². The number of guanidine groups is 1. The Bertz CT molecular complexity index is 607. The normalized spacial score (nSPS) is 17.6. The van der Waals surface area contributed by atoms with Crippen molar-refractivity contribution in [2.45, 2.75) is 32.6 Å². The van der Waals surface area contributed by atoms with Crippen LogP contribution >= 0.6 is 47.2 Å². The number of nitrogens with one attached hydrogen (secondary N) is 1. The topological polar surface area (TPSA) is 70.7 Å². The van der Waals surface area contributed by atoms with E-state index in [1.807, 2.05) is 12.1 Å². The van der Waals surface area contributed by atoms with Crippen LogP contribution in [0.15, 0.2) is 23.2 Å². The Hall–Kier alpha value is -0.730. The number of nitrogens with two attached hydrogens (primary N) is 1. The first-order chi connectivity index (χ1) is 12.0. The van der Waals surface area contributed by atoms with Gasteiger partial charge in [0.1, 0.15) is 0 Å². The molecule has 1 heterocycles. The smallest absolute Gasteiger partial charge is 0.217 e. The van der Waals surface area contributed by atoms with Crippen molar-refractivity contribution < 1.29 is 4.79 Å². The van der Waals surface area contributed by atoms with Crippen LogP contribution in [0, 0.1) is 5.92 Å². The molecule has 1 saturated heterocycles. The lowest BCUT2D eigenvalue weighted by Gasteiger charge is -2.34. The summed E-state index contributed by atoms with van der Waals surface area (Å²) in [6.45, 7) is 5.27. The van der Waals surface area contributed by atoms with Crippen LogP contribution in [-0.2, 0) is 11.2 Å². The molecule has 5 nitrogen and oxygen atoms in total. The largest absolute Gasteiger partial charge is 0.370 e. The second-order valence-electron chi connectivity index (χ2n) is 6.39. The third-order valence-corrected chi connectivity index (χ3v) is 4.66. The van der Waals surface area contributed by atoms with Crippen LogP contribution in [0.1, 0.15) is 31.7 Å². The molecule has 0 aliphatic carbocycles. The highest BCUT2D eigenvalue weighted by Crippen LogP contribution is 2.20. The van der Waals surface area contributed by atoms with Crippen LogP contribution < -0.4 is 11.1 Å². The lowest BCUT2D eigenvalue weighted by Crippen LogP contribution is -2.47. The summed E-state index contributed by atoms with van der Waals surface area (Å²) in [4.78, 5) is 18.2. The molecule has 26 heavy (non-hydrogen) atoms. The highest BCUT2D eigenvalue weighted by molar-refractivity contribution is 14.0. The van der Waals surface area contributed by atoms with E-state index in [1.54, 1.807) is 6.07 Å². The lowest BCUT2D eigenvalue weighted by molar-refractivity contribution is -0.119. The van der Waals surface area contributed by atoms with E-state index in [9.17, 15) is 4.79 Å². The molecule has 1 aliphatic rings. The number of hydrogen-bond acceptors (Lipinski definition) is 2. The molecule has 1 aromatic carbocycles. The van der Waals surface area contributed by atoms with Crippen LogP contribution in [0.3, 0.4) is 0 Å². The number of benzene rings is 1. The Kier molecular flexibility index (Phi) is 10.6. The molecule has 1 fully saturated rings. The molecule has 1 atom stereocenters. The predicted molar refractivity (Wildman–Crippen MR) is 120 cm³/mol. The molecular formula is C18H27Cl2IN4O. The second kappa shape index (κ2) is 11.9. The summed E-state index contributed by atoms with van der Waals surface area (Å²) >= 11 is 12.1. The molecule has 0 radical (unpaired) electrons. The van der Waals surface area contributed by atoms with Gasteiger partial charge in [-0.2, -0.15) is 0 Å². The first-order valence-electron chi connectivity index (χ1n) is 8.74. The summed E-state index contributed by atoms with van der Waals surface area (Å²) < 4.78 is 0. The Morgan fingerprint density at radius 3 is 2.65 bits per heavy atom. The Morgan fingerprint density at radius 2 is 2.04 bits per heavy atom. The van der Waals surface area contributed by atoms with Gasteiger partial charge < -0.3 is 16.0 Å². The molecule has 3 N–H and O–H groups in total. The molecule has 1 aliphatic heterocycles. The fraction of sp³-hybridized carbons (Fsp3) is 0.556. The van der Waals surface area contributed by atoms with Gasteiger partial charge in [0.15, 0.2) is 5.96 Å². The minimum Gasteiger partial charge on any atom is -0.370 e. The van der Waals surface area contributed by atoms with E-state index in [4.69, 9.17) is 33.9 Å². The number of hydrogen-bond donors (Lipinski definition) is 2.